The highest BCUT2D eigenvalue weighted by Gasteiger charge is 2.38. The molecule has 1 saturated heterocycles. The second kappa shape index (κ2) is 13.1. The molecule has 1 aliphatic heterocycles. The van der Waals surface area contributed by atoms with Crippen LogP contribution in [0, 0.1) is 5.92 Å². The van der Waals surface area contributed by atoms with Crippen LogP contribution < -0.4 is 5.32 Å². The summed E-state index contributed by atoms with van der Waals surface area (Å²) in [5.41, 5.74) is 3.30. The number of carboxylic acid groups (broad SMARTS) is 1. The van der Waals surface area contributed by atoms with Crippen molar-refractivity contribution in [2.45, 2.75) is 56.4 Å². The molecule has 0 unspecified atom stereocenters. The zero-order valence-electron chi connectivity index (χ0n) is 21.4. The number of aryl methyl sites for hydroxylation is 1. The van der Waals surface area contributed by atoms with Crippen molar-refractivity contribution in [1.29, 1.82) is 0 Å². The van der Waals surface area contributed by atoms with Gasteiger partial charge in [0.25, 0.3) is 0 Å². The normalized spacial score (nSPS) is 21.2. The fraction of sp³-hybridized carbons (Fsp3) is 0.393. The summed E-state index contributed by atoms with van der Waals surface area (Å²) < 4.78 is 14.9. The molecule has 1 amide bonds. The van der Waals surface area contributed by atoms with Gasteiger partial charge in [-0.1, -0.05) is 55.1 Å². The summed E-state index contributed by atoms with van der Waals surface area (Å²) in [4.78, 5) is 27.2. The standard InChI is InChI=1S/C28H33N3O6S/c1-18-23(17-38-28-29-14-15-31(28)2)36-27(37-26(18)20-8-6-19(16-32)7-9-20)21-10-12-22(13-11-21)30-24(33)4-3-5-25(34)35/h6-15,18,23,26-27,32H,3-5,16-17H2,1-2H3,(H,30,33)(H,34,35)/t18-,23+,26+,27+/m1/s1. The van der Waals surface area contributed by atoms with Crippen LogP contribution >= 0.6 is 11.8 Å². The summed E-state index contributed by atoms with van der Waals surface area (Å²) in [5.74, 6) is -0.385. The molecular weight excluding hydrogens is 506 g/mol. The van der Waals surface area contributed by atoms with E-state index in [0.717, 1.165) is 21.8 Å². The van der Waals surface area contributed by atoms with E-state index in [1.165, 1.54) is 0 Å². The van der Waals surface area contributed by atoms with E-state index in [4.69, 9.17) is 14.6 Å². The molecule has 3 aromatic rings. The smallest absolute Gasteiger partial charge is 0.303 e. The van der Waals surface area contributed by atoms with Crippen molar-refractivity contribution in [2.75, 3.05) is 11.1 Å². The van der Waals surface area contributed by atoms with Gasteiger partial charge < -0.3 is 29.6 Å². The highest BCUT2D eigenvalue weighted by molar-refractivity contribution is 7.99. The van der Waals surface area contributed by atoms with Gasteiger partial charge in [-0.05, 0) is 29.7 Å². The molecule has 2 aromatic carbocycles. The number of aliphatic hydroxyl groups is 1. The number of imidazole rings is 1. The Morgan fingerprint density at radius 1 is 1.05 bits per heavy atom. The summed E-state index contributed by atoms with van der Waals surface area (Å²) in [7, 11) is 1.96. The van der Waals surface area contributed by atoms with Crippen molar-refractivity contribution in [2.24, 2.45) is 13.0 Å². The van der Waals surface area contributed by atoms with Crippen LogP contribution in [0.1, 0.15) is 55.3 Å². The van der Waals surface area contributed by atoms with Gasteiger partial charge in [0.15, 0.2) is 11.4 Å². The van der Waals surface area contributed by atoms with E-state index in [1.54, 1.807) is 30.1 Å². The minimum atomic E-state index is -0.914. The SMILES string of the molecule is C[C@@H]1[C@H](CSc2nccn2C)O[C@H](c2ccc(NC(=O)CCCC(=O)O)cc2)O[C@@H]1c1ccc(CO)cc1. The van der Waals surface area contributed by atoms with Gasteiger partial charge in [0.05, 0.1) is 18.8 Å². The number of aliphatic carboxylic acids is 1. The lowest BCUT2D eigenvalue weighted by atomic mass is 9.91. The maximum absolute atomic E-state index is 12.1. The molecule has 0 saturated carbocycles. The zero-order chi connectivity index (χ0) is 27.1. The van der Waals surface area contributed by atoms with E-state index in [1.807, 2.05) is 54.2 Å². The summed E-state index contributed by atoms with van der Waals surface area (Å²) in [5, 5.41) is 21.9. The molecule has 38 heavy (non-hydrogen) atoms. The number of amides is 1. The lowest BCUT2D eigenvalue weighted by molar-refractivity contribution is -0.268. The van der Waals surface area contributed by atoms with E-state index >= 15 is 0 Å². The molecule has 202 valence electrons. The lowest BCUT2D eigenvalue weighted by Gasteiger charge is -2.41. The molecule has 9 nitrogen and oxygen atoms in total. The minimum Gasteiger partial charge on any atom is -0.481 e. The first-order valence-corrected chi connectivity index (χ1v) is 13.5. The van der Waals surface area contributed by atoms with Crippen molar-refractivity contribution in [1.82, 2.24) is 9.55 Å². The number of aromatic nitrogens is 2. The summed E-state index contributed by atoms with van der Waals surface area (Å²) in [6, 6.07) is 15.1. The van der Waals surface area contributed by atoms with Crippen molar-refractivity contribution >= 4 is 29.3 Å². The van der Waals surface area contributed by atoms with Gasteiger partial charge >= 0.3 is 5.97 Å². The average molecular weight is 540 g/mol. The van der Waals surface area contributed by atoms with E-state index in [2.05, 4.69) is 17.2 Å². The summed E-state index contributed by atoms with van der Waals surface area (Å²) >= 11 is 1.64. The third-order valence-corrected chi connectivity index (χ3v) is 7.68. The molecule has 0 radical (unpaired) electrons. The number of nitrogens with one attached hydrogen (secondary N) is 1. The van der Waals surface area contributed by atoms with Gasteiger partial charge in [-0.25, -0.2) is 4.98 Å². The Hall–Kier alpha value is -3.18. The molecule has 1 fully saturated rings. The summed E-state index contributed by atoms with van der Waals surface area (Å²) in [6.07, 6.45) is 3.14. The number of hydrogen-bond acceptors (Lipinski definition) is 7. The number of carboxylic acids is 1. The Bertz CT molecular complexity index is 1210. The minimum absolute atomic E-state index is 0.0154. The summed E-state index contributed by atoms with van der Waals surface area (Å²) in [6.45, 7) is 2.10. The van der Waals surface area contributed by atoms with Gasteiger partial charge in [-0.2, -0.15) is 0 Å². The van der Waals surface area contributed by atoms with Crippen molar-refractivity contribution in [3.05, 3.63) is 77.6 Å². The van der Waals surface area contributed by atoms with Gasteiger partial charge in [0.2, 0.25) is 5.91 Å². The first-order chi connectivity index (χ1) is 18.3. The van der Waals surface area contributed by atoms with Crippen molar-refractivity contribution in [3.63, 3.8) is 0 Å². The number of rotatable bonds is 11. The fourth-order valence-electron chi connectivity index (χ4n) is 4.30. The molecule has 3 N–H and O–H groups in total. The molecular formula is C28H33N3O6S. The van der Waals surface area contributed by atoms with Gasteiger partial charge in [0.1, 0.15) is 0 Å². The zero-order valence-corrected chi connectivity index (χ0v) is 22.3. The van der Waals surface area contributed by atoms with Crippen LogP contribution in [-0.4, -0.2) is 43.5 Å². The Balaban J connectivity index is 1.48. The van der Waals surface area contributed by atoms with Crippen LogP contribution in [0.2, 0.25) is 0 Å². The monoisotopic (exact) mass is 539 g/mol. The Kier molecular flexibility index (Phi) is 9.57. The van der Waals surface area contributed by atoms with Crippen LogP contribution in [-0.2, 0) is 32.7 Å². The molecule has 1 aromatic heterocycles. The third kappa shape index (κ3) is 7.22. The molecule has 10 heteroatoms. The molecule has 0 bridgehead atoms. The predicted molar refractivity (Wildman–Crippen MR) is 143 cm³/mol. The number of ether oxygens (including phenoxy) is 2. The maximum Gasteiger partial charge on any atom is 0.303 e. The van der Waals surface area contributed by atoms with Crippen molar-refractivity contribution in [3.8, 4) is 0 Å². The Morgan fingerprint density at radius 3 is 2.39 bits per heavy atom. The van der Waals surface area contributed by atoms with Crippen LogP contribution in [0.15, 0.2) is 66.1 Å². The quantitative estimate of drug-likeness (QED) is 0.300. The van der Waals surface area contributed by atoms with Crippen LogP contribution in [0.25, 0.3) is 0 Å². The second-order valence-corrected chi connectivity index (χ2v) is 10.4. The molecule has 4 atom stereocenters. The van der Waals surface area contributed by atoms with Gasteiger partial charge in [-0.3, -0.25) is 9.59 Å². The molecule has 0 aliphatic carbocycles. The van der Waals surface area contributed by atoms with Gasteiger partial charge in [-0.15, -0.1) is 0 Å². The highest BCUT2D eigenvalue weighted by atomic mass is 32.2. The number of hydrogen-bond donors (Lipinski definition) is 3. The number of thioether (sulfide) groups is 1. The number of carbonyl (C=O) groups is 2. The highest BCUT2D eigenvalue weighted by Crippen LogP contribution is 2.43. The Morgan fingerprint density at radius 2 is 1.76 bits per heavy atom. The average Bonchev–Trinajstić information content (AvgIpc) is 3.33. The fourth-order valence-corrected chi connectivity index (χ4v) is 5.40. The number of benzene rings is 2. The topological polar surface area (TPSA) is 123 Å². The maximum atomic E-state index is 12.1. The van der Waals surface area contributed by atoms with E-state index in [0.29, 0.717) is 17.9 Å². The Labute approximate surface area is 226 Å². The lowest BCUT2D eigenvalue weighted by Crippen LogP contribution is -2.38. The van der Waals surface area contributed by atoms with Crippen LogP contribution in [0.4, 0.5) is 5.69 Å². The largest absolute Gasteiger partial charge is 0.481 e. The van der Waals surface area contributed by atoms with Crippen LogP contribution in [0.3, 0.4) is 0 Å². The third-order valence-electron chi connectivity index (χ3n) is 6.54. The van der Waals surface area contributed by atoms with E-state index in [-0.39, 0.29) is 43.5 Å². The molecule has 4 rings (SSSR count). The first-order valence-electron chi connectivity index (χ1n) is 12.6. The first kappa shape index (κ1) is 27.8. The number of anilines is 1. The predicted octanol–water partition coefficient (Wildman–Crippen LogP) is 4.69. The van der Waals surface area contributed by atoms with E-state index in [9.17, 15) is 14.7 Å². The van der Waals surface area contributed by atoms with Gasteiger partial charge in [0, 0.05) is 55.2 Å². The number of carbonyl (C=O) groups excluding carboxylic acids is 1. The number of nitrogens with zero attached hydrogens (tertiary/aromatic N) is 2. The molecule has 2 heterocycles. The van der Waals surface area contributed by atoms with Crippen molar-refractivity contribution < 1.29 is 29.3 Å². The molecule has 0 spiro atoms. The van der Waals surface area contributed by atoms with Crippen LogP contribution in [0.5, 0.6) is 0 Å². The molecule has 1 aliphatic rings. The van der Waals surface area contributed by atoms with E-state index < -0.39 is 12.3 Å². The number of aliphatic hydroxyl groups excluding tert-OH is 1. The second-order valence-electron chi connectivity index (χ2n) is 9.37.